The van der Waals surface area contributed by atoms with Crippen LogP contribution in [0.15, 0.2) is 182 Å². The fraction of sp³-hybridized carbons (Fsp3) is 0. The molecule has 1 aliphatic carbocycles. The number of hydrogen-bond acceptors (Lipinski definition) is 2. The van der Waals surface area contributed by atoms with E-state index in [0.717, 1.165) is 45.3 Å². The van der Waals surface area contributed by atoms with E-state index in [-0.39, 0.29) is 0 Å². The van der Waals surface area contributed by atoms with E-state index in [9.17, 15) is 0 Å². The van der Waals surface area contributed by atoms with E-state index in [1.807, 2.05) is 18.2 Å². The summed E-state index contributed by atoms with van der Waals surface area (Å²) in [6.07, 6.45) is 0. The molecule has 0 aliphatic heterocycles. The Morgan fingerprint density at radius 3 is 1.56 bits per heavy atom. The molecule has 0 bridgehead atoms. The largest absolute Gasteiger partial charge is 0.309 e. The third kappa shape index (κ3) is 4.08. The summed E-state index contributed by atoms with van der Waals surface area (Å²) >= 11 is 0. The van der Waals surface area contributed by atoms with E-state index in [4.69, 9.17) is 9.97 Å². The van der Waals surface area contributed by atoms with Gasteiger partial charge in [0.1, 0.15) is 0 Å². The summed E-state index contributed by atoms with van der Waals surface area (Å²) in [5, 5.41) is 7.45. The summed E-state index contributed by atoms with van der Waals surface area (Å²) < 4.78 is 4.80. The number of hydrogen-bond donors (Lipinski definition) is 0. The minimum absolute atomic E-state index is 0.734. The molecule has 0 saturated carbocycles. The molecule has 0 saturated heterocycles. The second-order valence-corrected chi connectivity index (χ2v) is 14.2. The van der Waals surface area contributed by atoms with Crippen molar-refractivity contribution < 1.29 is 0 Å². The maximum absolute atomic E-state index is 5.32. The smallest absolute Gasteiger partial charge is 0.160 e. The maximum atomic E-state index is 5.32. The highest BCUT2D eigenvalue weighted by Gasteiger charge is 2.28. The summed E-state index contributed by atoms with van der Waals surface area (Å²) in [5.74, 6) is 0.734. The molecule has 0 unspecified atom stereocenters. The molecule has 11 aromatic rings. The van der Waals surface area contributed by atoms with Crippen molar-refractivity contribution in [3.63, 3.8) is 0 Å². The van der Waals surface area contributed by atoms with Crippen molar-refractivity contribution in [3.8, 4) is 56.4 Å². The number of nitrogens with zero attached hydrogens (tertiary/aromatic N) is 4. The van der Waals surface area contributed by atoms with Crippen LogP contribution in [0.4, 0.5) is 0 Å². The molecule has 1 aliphatic rings. The lowest BCUT2D eigenvalue weighted by atomic mass is 9.99. The molecule has 12 rings (SSSR count). The Hall–Kier alpha value is -7.30. The molecule has 0 radical (unpaired) electrons. The van der Waals surface area contributed by atoms with Crippen molar-refractivity contribution in [1.82, 2.24) is 19.1 Å². The lowest BCUT2D eigenvalue weighted by molar-refractivity contribution is 1.15. The molecule has 0 fully saturated rings. The van der Waals surface area contributed by atoms with Crippen molar-refractivity contribution in [1.29, 1.82) is 0 Å². The van der Waals surface area contributed by atoms with E-state index >= 15 is 0 Å². The number of rotatable bonds is 4. The van der Waals surface area contributed by atoms with Crippen LogP contribution in [0.2, 0.25) is 0 Å². The van der Waals surface area contributed by atoms with Gasteiger partial charge < -0.3 is 9.13 Å². The average molecular weight is 687 g/mol. The Morgan fingerprint density at radius 2 is 0.889 bits per heavy atom. The molecule has 8 aromatic carbocycles. The molecule has 250 valence electrons. The number of fused-ring (bicyclic) bond motifs is 9. The molecule has 0 spiro atoms. The number of benzene rings is 8. The minimum Gasteiger partial charge on any atom is -0.309 e. The van der Waals surface area contributed by atoms with Crippen LogP contribution in [0.1, 0.15) is 0 Å². The molecule has 3 heterocycles. The third-order valence-electron chi connectivity index (χ3n) is 11.3. The highest BCUT2D eigenvalue weighted by atomic mass is 15.0. The van der Waals surface area contributed by atoms with Crippen LogP contribution in [-0.4, -0.2) is 19.1 Å². The normalized spacial score (nSPS) is 12.1. The summed E-state index contributed by atoms with van der Waals surface area (Å²) in [5.41, 5.74) is 14.5. The standard InChI is InChI=1S/C50H30N4/c1-2-12-33(13-3-1)50-51-48(47-40-19-10-14-31-15-11-20-41(46(31)40)49(47)52-50)32-24-26-34(27-25-32)53-42-21-7-6-18-38(42)39-29-28-35(30-45(39)53)54-43-22-8-4-16-36(43)37-17-5-9-23-44(37)54/h1-30H. The molecular weight excluding hydrogens is 657 g/mol. The predicted octanol–water partition coefficient (Wildman–Crippen LogP) is 12.8. The summed E-state index contributed by atoms with van der Waals surface area (Å²) in [6.45, 7) is 0. The maximum Gasteiger partial charge on any atom is 0.160 e. The van der Waals surface area contributed by atoms with Crippen LogP contribution in [-0.2, 0) is 0 Å². The quantitative estimate of drug-likeness (QED) is 0.185. The Kier molecular flexibility index (Phi) is 6.02. The van der Waals surface area contributed by atoms with Gasteiger partial charge in [0, 0.05) is 55.2 Å². The van der Waals surface area contributed by atoms with Crippen LogP contribution < -0.4 is 0 Å². The average Bonchev–Trinajstić information content (AvgIpc) is 3.87. The molecule has 0 atom stereocenters. The third-order valence-corrected chi connectivity index (χ3v) is 11.3. The van der Waals surface area contributed by atoms with Crippen molar-refractivity contribution in [2.45, 2.75) is 0 Å². The van der Waals surface area contributed by atoms with Crippen LogP contribution in [0.3, 0.4) is 0 Å². The first-order valence-electron chi connectivity index (χ1n) is 18.4. The van der Waals surface area contributed by atoms with Gasteiger partial charge in [0.25, 0.3) is 0 Å². The van der Waals surface area contributed by atoms with E-state index in [0.29, 0.717) is 0 Å². The topological polar surface area (TPSA) is 35.6 Å². The zero-order chi connectivity index (χ0) is 35.3. The molecular formula is C50H30N4. The van der Waals surface area contributed by atoms with Crippen molar-refractivity contribution >= 4 is 54.4 Å². The van der Waals surface area contributed by atoms with Gasteiger partial charge in [0.15, 0.2) is 5.82 Å². The van der Waals surface area contributed by atoms with Gasteiger partial charge in [-0.15, -0.1) is 0 Å². The van der Waals surface area contributed by atoms with Gasteiger partial charge in [-0.3, -0.25) is 0 Å². The molecule has 0 amide bonds. The lowest BCUT2D eigenvalue weighted by Crippen LogP contribution is -1.99. The Balaban J connectivity index is 1.06. The zero-order valence-electron chi connectivity index (χ0n) is 29.1. The molecule has 54 heavy (non-hydrogen) atoms. The van der Waals surface area contributed by atoms with Gasteiger partial charge in [-0.2, -0.15) is 0 Å². The lowest BCUT2D eigenvalue weighted by Gasteiger charge is -2.14. The van der Waals surface area contributed by atoms with Gasteiger partial charge in [-0.05, 0) is 58.8 Å². The van der Waals surface area contributed by atoms with Crippen molar-refractivity contribution in [2.24, 2.45) is 0 Å². The van der Waals surface area contributed by atoms with Crippen molar-refractivity contribution in [2.75, 3.05) is 0 Å². The van der Waals surface area contributed by atoms with Gasteiger partial charge in [0.05, 0.1) is 33.5 Å². The van der Waals surface area contributed by atoms with E-state index in [1.165, 1.54) is 65.5 Å². The summed E-state index contributed by atoms with van der Waals surface area (Å²) in [4.78, 5) is 10.5. The van der Waals surface area contributed by atoms with Crippen LogP contribution in [0.5, 0.6) is 0 Å². The molecule has 0 N–H and O–H groups in total. The fourth-order valence-electron chi connectivity index (χ4n) is 8.93. The monoisotopic (exact) mass is 686 g/mol. The van der Waals surface area contributed by atoms with E-state index in [2.05, 4.69) is 173 Å². The summed E-state index contributed by atoms with van der Waals surface area (Å²) in [6, 6.07) is 65.4. The Bertz CT molecular complexity index is 3260. The fourth-order valence-corrected chi connectivity index (χ4v) is 8.93. The SMILES string of the molecule is c1ccc(-c2nc(-c3ccc(-n4c5ccccc5c5ccc(-n6c7ccccc7c7ccccc76)cc54)cc3)c3c(n2)-c2cccc4cccc-3c24)cc1. The number of para-hydroxylation sites is 3. The number of aromatic nitrogens is 4. The minimum atomic E-state index is 0.734. The Morgan fingerprint density at radius 1 is 0.352 bits per heavy atom. The van der Waals surface area contributed by atoms with Crippen LogP contribution >= 0.6 is 0 Å². The Labute approximate surface area is 310 Å². The van der Waals surface area contributed by atoms with Gasteiger partial charge in [0.2, 0.25) is 0 Å². The van der Waals surface area contributed by atoms with E-state index < -0.39 is 0 Å². The highest BCUT2D eigenvalue weighted by Crippen LogP contribution is 2.50. The molecule has 4 nitrogen and oxygen atoms in total. The molecule has 4 heteroatoms. The highest BCUT2D eigenvalue weighted by molar-refractivity contribution is 6.17. The first-order chi connectivity index (χ1) is 26.8. The van der Waals surface area contributed by atoms with Crippen LogP contribution in [0.25, 0.3) is 111 Å². The first-order valence-corrected chi connectivity index (χ1v) is 18.4. The van der Waals surface area contributed by atoms with Gasteiger partial charge >= 0.3 is 0 Å². The zero-order valence-corrected chi connectivity index (χ0v) is 29.1. The van der Waals surface area contributed by atoms with E-state index in [1.54, 1.807) is 0 Å². The molecule has 3 aromatic heterocycles. The van der Waals surface area contributed by atoms with Gasteiger partial charge in [-0.25, -0.2) is 9.97 Å². The summed E-state index contributed by atoms with van der Waals surface area (Å²) in [7, 11) is 0. The van der Waals surface area contributed by atoms with Gasteiger partial charge in [-0.1, -0.05) is 140 Å². The second kappa shape index (κ2) is 11.1. The first kappa shape index (κ1) is 29.3. The predicted molar refractivity (Wildman–Crippen MR) is 224 cm³/mol. The van der Waals surface area contributed by atoms with Crippen LogP contribution in [0, 0.1) is 0 Å². The van der Waals surface area contributed by atoms with Crippen molar-refractivity contribution in [3.05, 3.63) is 182 Å². The second-order valence-electron chi connectivity index (χ2n) is 14.2.